The lowest BCUT2D eigenvalue weighted by Crippen LogP contribution is -2.27. The predicted molar refractivity (Wildman–Crippen MR) is 94.0 cm³/mol. The van der Waals surface area contributed by atoms with E-state index in [9.17, 15) is 9.59 Å². The lowest BCUT2D eigenvalue weighted by atomic mass is 10.0. The van der Waals surface area contributed by atoms with Crippen molar-refractivity contribution in [1.82, 2.24) is 9.80 Å². The van der Waals surface area contributed by atoms with Gasteiger partial charge < -0.3 is 14.2 Å². The molecule has 5 nitrogen and oxygen atoms in total. The van der Waals surface area contributed by atoms with Crippen molar-refractivity contribution in [2.75, 3.05) is 27.2 Å². The molecular formula is C19H24N2O3. The average Bonchev–Trinajstić information content (AvgIpc) is 2.79. The fraction of sp³-hybridized carbons (Fsp3) is 0.474. The molecule has 128 valence electrons. The van der Waals surface area contributed by atoms with Crippen LogP contribution in [0.1, 0.15) is 23.1 Å². The SMILES string of the molecule is Cc1cc2oc(=O)cc(CN(C)CC3CC(=O)N(C)C3)c2cc1C. The number of amides is 1. The molecule has 2 heterocycles. The highest BCUT2D eigenvalue weighted by Crippen LogP contribution is 2.23. The highest BCUT2D eigenvalue weighted by Gasteiger charge is 2.27. The van der Waals surface area contributed by atoms with Crippen molar-refractivity contribution in [3.05, 3.63) is 45.3 Å². The lowest BCUT2D eigenvalue weighted by molar-refractivity contribution is -0.126. The van der Waals surface area contributed by atoms with Gasteiger partial charge in [0.1, 0.15) is 5.58 Å². The minimum absolute atomic E-state index is 0.213. The number of fused-ring (bicyclic) bond motifs is 1. The van der Waals surface area contributed by atoms with Gasteiger partial charge in [-0.05, 0) is 55.6 Å². The van der Waals surface area contributed by atoms with E-state index < -0.39 is 0 Å². The van der Waals surface area contributed by atoms with Gasteiger partial charge in [-0.25, -0.2) is 4.79 Å². The van der Waals surface area contributed by atoms with E-state index in [2.05, 4.69) is 17.9 Å². The van der Waals surface area contributed by atoms with Crippen LogP contribution in [0.4, 0.5) is 0 Å². The van der Waals surface area contributed by atoms with Gasteiger partial charge in [0, 0.05) is 44.6 Å². The lowest BCUT2D eigenvalue weighted by Gasteiger charge is -2.21. The third kappa shape index (κ3) is 3.36. The van der Waals surface area contributed by atoms with E-state index in [-0.39, 0.29) is 11.5 Å². The summed E-state index contributed by atoms with van der Waals surface area (Å²) in [5.41, 5.74) is 3.60. The molecule has 0 saturated carbocycles. The molecule has 1 atom stereocenters. The van der Waals surface area contributed by atoms with E-state index >= 15 is 0 Å². The smallest absolute Gasteiger partial charge is 0.336 e. The van der Waals surface area contributed by atoms with Crippen molar-refractivity contribution in [1.29, 1.82) is 0 Å². The molecule has 0 aliphatic carbocycles. The van der Waals surface area contributed by atoms with E-state index in [1.54, 1.807) is 11.0 Å². The maximum Gasteiger partial charge on any atom is 0.336 e. The van der Waals surface area contributed by atoms with Crippen LogP contribution in [0.5, 0.6) is 0 Å². The van der Waals surface area contributed by atoms with E-state index in [0.717, 1.165) is 29.6 Å². The van der Waals surface area contributed by atoms with Gasteiger partial charge in [-0.1, -0.05) is 0 Å². The van der Waals surface area contributed by atoms with Crippen LogP contribution in [-0.4, -0.2) is 42.9 Å². The largest absolute Gasteiger partial charge is 0.423 e. The van der Waals surface area contributed by atoms with Crippen LogP contribution in [0.25, 0.3) is 11.0 Å². The Morgan fingerprint density at radius 2 is 1.92 bits per heavy atom. The van der Waals surface area contributed by atoms with Gasteiger partial charge in [0.05, 0.1) is 0 Å². The Hall–Kier alpha value is -2.14. The quantitative estimate of drug-likeness (QED) is 0.808. The molecular weight excluding hydrogens is 304 g/mol. The highest BCUT2D eigenvalue weighted by atomic mass is 16.4. The van der Waals surface area contributed by atoms with Gasteiger partial charge in [-0.15, -0.1) is 0 Å². The Morgan fingerprint density at radius 1 is 1.21 bits per heavy atom. The summed E-state index contributed by atoms with van der Waals surface area (Å²) in [6, 6.07) is 5.60. The van der Waals surface area contributed by atoms with Crippen LogP contribution in [0.2, 0.25) is 0 Å². The molecule has 2 aromatic rings. The van der Waals surface area contributed by atoms with Crippen LogP contribution in [-0.2, 0) is 11.3 Å². The van der Waals surface area contributed by atoms with Crippen LogP contribution >= 0.6 is 0 Å². The number of nitrogens with zero attached hydrogens (tertiary/aromatic N) is 2. The summed E-state index contributed by atoms with van der Waals surface area (Å²) in [5, 5.41) is 0.990. The maximum atomic E-state index is 11.9. The Kier molecular flexibility index (Phi) is 4.45. The van der Waals surface area contributed by atoms with Crippen molar-refractivity contribution in [2.24, 2.45) is 5.92 Å². The van der Waals surface area contributed by atoms with Gasteiger partial charge in [0.2, 0.25) is 5.91 Å². The number of likely N-dealkylation sites (tertiary alicyclic amines) is 1. The zero-order valence-corrected chi connectivity index (χ0v) is 14.8. The number of hydrogen-bond acceptors (Lipinski definition) is 4. The Balaban J connectivity index is 1.83. The molecule has 1 aliphatic heterocycles. The Bertz CT molecular complexity index is 840. The highest BCUT2D eigenvalue weighted by molar-refractivity contribution is 5.82. The normalized spacial score (nSPS) is 18.1. The molecule has 0 spiro atoms. The third-order valence-corrected chi connectivity index (χ3v) is 4.88. The minimum Gasteiger partial charge on any atom is -0.423 e. The summed E-state index contributed by atoms with van der Waals surface area (Å²) in [5.74, 6) is 0.563. The molecule has 24 heavy (non-hydrogen) atoms. The van der Waals surface area contributed by atoms with Crippen LogP contribution in [0.3, 0.4) is 0 Å². The molecule has 0 radical (unpaired) electrons. The van der Waals surface area contributed by atoms with Crippen molar-refractivity contribution in [3.8, 4) is 0 Å². The summed E-state index contributed by atoms with van der Waals surface area (Å²) >= 11 is 0. The van der Waals surface area contributed by atoms with Gasteiger partial charge >= 0.3 is 5.63 Å². The first-order valence-electron chi connectivity index (χ1n) is 8.30. The van der Waals surface area contributed by atoms with E-state index in [1.165, 1.54) is 5.56 Å². The number of rotatable bonds is 4. The number of benzene rings is 1. The second-order valence-corrected chi connectivity index (χ2v) is 7.06. The monoisotopic (exact) mass is 328 g/mol. The average molecular weight is 328 g/mol. The van der Waals surface area contributed by atoms with Crippen molar-refractivity contribution < 1.29 is 9.21 Å². The maximum absolute atomic E-state index is 11.9. The molecule has 1 saturated heterocycles. The van der Waals surface area contributed by atoms with Crippen molar-refractivity contribution in [3.63, 3.8) is 0 Å². The third-order valence-electron chi connectivity index (χ3n) is 4.88. The van der Waals surface area contributed by atoms with Gasteiger partial charge in [0.15, 0.2) is 0 Å². The first-order chi connectivity index (χ1) is 11.3. The second kappa shape index (κ2) is 6.40. The van der Waals surface area contributed by atoms with Crippen LogP contribution in [0, 0.1) is 19.8 Å². The Morgan fingerprint density at radius 3 is 2.58 bits per heavy atom. The minimum atomic E-state index is -0.315. The molecule has 1 aromatic heterocycles. The fourth-order valence-electron chi connectivity index (χ4n) is 3.49. The Labute approximate surface area is 141 Å². The number of carbonyl (C=O) groups is 1. The summed E-state index contributed by atoms with van der Waals surface area (Å²) < 4.78 is 5.36. The molecule has 1 amide bonds. The summed E-state index contributed by atoms with van der Waals surface area (Å²) in [7, 11) is 3.88. The molecule has 1 fully saturated rings. The summed E-state index contributed by atoms with van der Waals surface area (Å²) in [6.07, 6.45) is 0.608. The first kappa shape index (κ1) is 16.7. The molecule has 1 aromatic carbocycles. The van der Waals surface area contributed by atoms with Crippen LogP contribution < -0.4 is 5.63 Å². The van der Waals surface area contributed by atoms with Gasteiger partial charge in [-0.2, -0.15) is 0 Å². The number of carbonyl (C=O) groups excluding carboxylic acids is 1. The molecule has 1 unspecified atom stereocenters. The number of hydrogen-bond donors (Lipinski definition) is 0. The first-order valence-corrected chi connectivity index (χ1v) is 8.30. The van der Waals surface area contributed by atoms with E-state index in [0.29, 0.717) is 24.5 Å². The van der Waals surface area contributed by atoms with E-state index in [1.807, 2.05) is 27.1 Å². The van der Waals surface area contributed by atoms with Crippen LogP contribution in [0.15, 0.2) is 27.4 Å². The molecule has 1 aliphatic rings. The second-order valence-electron chi connectivity index (χ2n) is 7.06. The molecule has 5 heteroatoms. The van der Waals surface area contributed by atoms with Crippen molar-refractivity contribution in [2.45, 2.75) is 26.8 Å². The number of aryl methyl sites for hydroxylation is 2. The predicted octanol–water partition coefficient (Wildman–Crippen LogP) is 2.32. The summed E-state index contributed by atoms with van der Waals surface area (Å²) in [6.45, 7) is 6.38. The molecule has 0 bridgehead atoms. The van der Waals surface area contributed by atoms with E-state index in [4.69, 9.17) is 4.42 Å². The standard InChI is InChI=1S/C19H24N2O3/c1-12-5-16-15(8-19(23)24-17(16)6-13(12)2)11-20(3)9-14-7-18(22)21(4)10-14/h5-6,8,14H,7,9-11H2,1-4H3. The fourth-order valence-corrected chi connectivity index (χ4v) is 3.49. The zero-order valence-electron chi connectivity index (χ0n) is 14.8. The van der Waals surface area contributed by atoms with Gasteiger partial charge in [0.25, 0.3) is 0 Å². The zero-order chi connectivity index (χ0) is 17.4. The summed E-state index contributed by atoms with van der Waals surface area (Å²) in [4.78, 5) is 27.5. The molecule has 3 rings (SSSR count). The van der Waals surface area contributed by atoms with Gasteiger partial charge in [-0.3, -0.25) is 4.79 Å². The topological polar surface area (TPSA) is 53.8 Å². The van der Waals surface area contributed by atoms with Crippen molar-refractivity contribution >= 4 is 16.9 Å². The molecule has 0 N–H and O–H groups in total.